The summed E-state index contributed by atoms with van der Waals surface area (Å²) in [4.78, 5) is 10.9. The minimum atomic E-state index is -0.432. The molecule has 0 amide bonds. The normalized spacial score (nSPS) is 12.5. The van der Waals surface area contributed by atoms with Gasteiger partial charge in [0.15, 0.2) is 0 Å². The minimum absolute atomic E-state index is 0.00463. The molecule has 3 nitrogen and oxygen atoms in total. The Morgan fingerprint density at radius 3 is 2.53 bits per heavy atom. The third kappa shape index (κ3) is 2.72. The first-order chi connectivity index (χ1) is 7.20. The van der Waals surface area contributed by atoms with Crippen LogP contribution >= 0.6 is 0 Å². The molecule has 1 N–H and O–H groups in total. The average molecular weight is 208 g/mol. The summed E-state index contributed by atoms with van der Waals surface area (Å²) in [5.74, 6) is -0.428. The number of unbranched alkanes of at least 4 members (excludes halogenated alkanes) is 1. The lowest BCUT2D eigenvalue weighted by molar-refractivity contribution is 0.0533. The van der Waals surface area contributed by atoms with Crippen molar-refractivity contribution >= 4 is 5.97 Å². The van der Waals surface area contributed by atoms with E-state index in [1.807, 2.05) is 0 Å². The first-order valence-electron chi connectivity index (χ1n) is 5.18. The summed E-state index contributed by atoms with van der Waals surface area (Å²) >= 11 is 0. The number of hydrogen-bond donors (Lipinski definition) is 1. The monoisotopic (exact) mass is 208 g/mol. The molecule has 0 aromatic heterocycles. The molecule has 1 aromatic carbocycles. The molecule has 0 radical (unpaired) electrons. The van der Waals surface area contributed by atoms with Crippen molar-refractivity contribution in [2.24, 2.45) is 0 Å². The second-order valence-corrected chi connectivity index (χ2v) is 3.39. The Balaban J connectivity index is 0.000000245. The number of fused-ring (bicyclic) bond motifs is 1. The van der Waals surface area contributed by atoms with Crippen LogP contribution < -0.4 is 0 Å². The molecule has 0 saturated heterocycles. The van der Waals surface area contributed by atoms with E-state index in [1.165, 1.54) is 18.9 Å². The van der Waals surface area contributed by atoms with Gasteiger partial charge in [-0.3, -0.25) is 0 Å². The van der Waals surface area contributed by atoms with Crippen molar-refractivity contribution < 1.29 is 14.6 Å². The molecule has 0 fully saturated rings. The molecule has 0 unspecified atom stereocenters. The first-order valence-corrected chi connectivity index (χ1v) is 5.18. The molecule has 0 bridgehead atoms. The predicted octanol–water partition coefficient (Wildman–Crippen LogP) is 2.87. The number of aromatic hydroxyl groups is 1. The standard InChI is InChI=1S/C8H6O3.C4H10/c9-6-3-1-2-5-4-11-8(10)7(5)6;1-3-4-2/h1-3,9H,4H2;3-4H2,1-2H3. The van der Waals surface area contributed by atoms with E-state index in [-0.39, 0.29) is 12.4 Å². The van der Waals surface area contributed by atoms with Crippen molar-refractivity contribution in [2.45, 2.75) is 33.3 Å². The van der Waals surface area contributed by atoms with E-state index in [0.29, 0.717) is 5.56 Å². The molecule has 15 heavy (non-hydrogen) atoms. The lowest BCUT2D eigenvalue weighted by Crippen LogP contribution is -1.93. The Kier molecular flexibility index (Phi) is 4.16. The van der Waals surface area contributed by atoms with Crippen LogP contribution in [0.25, 0.3) is 0 Å². The third-order valence-corrected chi connectivity index (χ3v) is 2.19. The van der Waals surface area contributed by atoms with Gasteiger partial charge in [0.2, 0.25) is 0 Å². The zero-order valence-electron chi connectivity index (χ0n) is 9.12. The molecule has 1 heterocycles. The van der Waals surface area contributed by atoms with Gasteiger partial charge in [-0.25, -0.2) is 4.79 Å². The van der Waals surface area contributed by atoms with E-state index in [2.05, 4.69) is 13.8 Å². The quantitative estimate of drug-likeness (QED) is 0.722. The van der Waals surface area contributed by atoms with Gasteiger partial charge in [0.25, 0.3) is 0 Å². The van der Waals surface area contributed by atoms with E-state index in [0.717, 1.165) is 5.56 Å². The summed E-state index contributed by atoms with van der Waals surface area (Å²) in [5.41, 5.74) is 1.07. The van der Waals surface area contributed by atoms with Crippen molar-refractivity contribution in [3.05, 3.63) is 29.3 Å². The highest BCUT2D eigenvalue weighted by atomic mass is 16.5. The maximum atomic E-state index is 10.9. The average Bonchev–Trinajstić information content (AvgIpc) is 2.62. The van der Waals surface area contributed by atoms with Crippen LogP contribution in [0.5, 0.6) is 5.75 Å². The van der Waals surface area contributed by atoms with Crippen molar-refractivity contribution in [1.29, 1.82) is 0 Å². The molecule has 0 atom stereocenters. The molecule has 0 aliphatic carbocycles. The van der Waals surface area contributed by atoms with Crippen molar-refractivity contribution in [2.75, 3.05) is 0 Å². The molecular weight excluding hydrogens is 192 g/mol. The number of ether oxygens (including phenoxy) is 1. The van der Waals surface area contributed by atoms with Crippen LogP contribution in [0.2, 0.25) is 0 Å². The number of cyclic esters (lactones) is 1. The zero-order chi connectivity index (χ0) is 11.3. The van der Waals surface area contributed by atoms with Crippen LogP contribution in [0.1, 0.15) is 42.6 Å². The van der Waals surface area contributed by atoms with E-state index in [4.69, 9.17) is 4.74 Å². The largest absolute Gasteiger partial charge is 0.507 e. The Morgan fingerprint density at radius 2 is 2.00 bits per heavy atom. The van der Waals surface area contributed by atoms with Gasteiger partial charge < -0.3 is 9.84 Å². The van der Waals surface area contributed by atoms with Gasteiger partial charge in [0, 0.05) is 5.56 Å². The highest BCUT2D eigenvalue weighted by Gasteiger charge is 2.23. The number of phenols is 1. The maximum absolute atomic E-state index is 10.9. The van der Waals surface area contributed by atoms with E-state index in [9.17, 15) is 9.90 Å². The summed E-state index contributed by atoms with van der Waals surface area (Å²) in [6.45, 7) is 4.64. The van der Waals surface area contributed by atoms with E-state index >= 15 is 0 Å². The van der Waals surface area contributed by atoms with E-state index in [1.54, 1.807) is 12.1 Å². The highest BCUT2D eigenvalue weighted by molar-refractivity contribution is 5.96. The van der Waals surface area contributed by atoms with Crippen LogP contribution in [0, 0.1) is 0 Å². The van der Waals surface area contributed by atoms with Gasteiger partial charge in [-0.2, -0.15) is 0 Å². The molecule has 1 aromatic rings. The Hall–Kier alpha value is -1.51. The summed E-state index contributed by atoms with van der Waals surface area (Å²) in [6, 6.07) is 4.93. The minimum Gasteiger partial charge on any atom is -0.507 e. The SMILES string of the molecule is CCCC.O=C1OCc2cccc(O)c21. The molecular formula is C12H16O3. The van der Waals surface area contributed by atoms with Gasteiger partial charge >= 0.3 is 5.97 Å². The fraction of sp³-hybridized carbons (Fsp3) is 0.417. The summed E-state index contributed by atoms with van der Waals surface area (Å²) in [6.07, 6.45) is 2.64. The van der Waals surface area contributed by atoms with Crippen LogP contribution in [0.3, 0.4) is 0 Å². The van der Waals surface area contributed by atoms with Gasteiger partial charge in [-0.05, 0) is 6.07 Å². The smallest absolute Gasteiger partial charge is 0.342 e. The number of benzene rings is 1. The number of esters is 1. The number of hydrogen-bond acceptors (Lipinski definition) is 3. The molecule has 1 aliphatic rings. The topological polar surface area (TPSA) is 46.5 Å². The number of rotatable bonds is 1. The van der Waals surface area contributed by atoms with Gasteiger partial charge in [0.05, 0.1) is 0 Å². The molecule has 82 valence electrons. The first kappa shape index (κ1) is 11.6. The van der Waals surface area contributed by atoms with Crippen LogP contribution in [0.15, 0.2) is 18.2 Å². The molecule has 0 spiro atoms. The Morgan fingerprint density at radius 1 is 1.33 bits per heavy atom. The van der Waals surface area contributed by atoms with Gasteiger partial charge in [0.1, 0.15) is 17.9 Å². The summed E-state index contributed by atoms with van der Waals surface area (Å²) in [5, 5.41) is 9.20. The van der Waals surface area contributed by atoms with Gasteiger partial charge in [-0.15, -0.1) is 0 Å². The Bertz CT molecular complexity index is 343. The number of phenolic OH excluding ortho intramolecular Hbond substituents is 1. The van der Waals surface area contributed by atoms with Crippen molar-refractivity contribution in [3.63, 3.8) is 0 Å². The highest BCUT2D eigenvalue weighted by Crippen LogP contribution is 2.27. The van der Waals surface area contributed by atoms with Gasteiger partial charge in [-0.1, -0.05) is 38.8 Å². The van der Waals surface area contributed by atoms with Crippen molar-refractivity contribution in [1.82, 2.24) is 0 Å². The maximum Gasteiger partial charge on any atom is 0.342 e. The molecule has 0 saturated carbocycles. The van der Waals surface area contributed by atoms with E-state index < -0.39 is 5.97 Å². The second kappa shape index (κ2) is 5.39. The fourth-order valence-corrected chi connectivity index (χ4v) is 1.16. The van der Waals surface area contributed by atoms with Crippen LogP contribution in [0.4, 0.5) is 0 Å². The lowest BCUT2D eigenvalue weighted by atomic mass is 10.1. The zero-order valence-corrected chi connectivity index (χ0v) is 9.12. The lowest BCUT2D eigenvalue weighted by Gasteiger charge is -1.94. The fourth-order valence-electron chi connectivity index (χ4n) is 1.16. The second-order valence-electron chi connectivity index (χ2n) is 3.39. The molecule has 2 rings (SSSR count). The van der Waals surface area contributed by atoms with Crippen molar-refractivity contribution in [3.8, 4) is 5.75 Å². The summed E-state index contributed by atoms with van der Waals surface area (Å²) < 4.78 is 4.71. The third-order valence-electron chi connectivity index (χ3n) is 2.19. The van der Waals surface area contributed by atoms with Crippen LogP contribution in [-0.2, 0) is 11.3 Å². The number of carbonyl (C=O) groups excluding carboxylic acids is 1. The molecule has 3 heteroatoms. The number of carbonyl (C=O) groups is 1. The summed E-state index contributed by atoms with van der Waals surface area (Å²) in [7, 11) is 0. The van der Waals surface area contributed by atoms with Crippen LogP contribution in [-0.4, -0.2) is 11.1 Å². The molecule has 1 aliphatic heterocycles. The Labute approximate surface area is 89.7 Å². The predicted molar refractivity (Wildman–Crippen MR) is 57.8 cm³/mol.